The number of allylic oxidation sites excluding steroid dienone is 4. The molecule has 0 aromatic heterocycles. The van der Waals surface area contributed by atoms with E-state index in [9.17, 15) is 0 Å². The molecule has 0 spiro atoms. The predicted octanol–water partition coefficient (Wildman–Crippen LogP) is 4.59. The van der Waals surface area contributed by atoms with Gasteiger partial charge in [-0.1, -0.05) is 58.9 Å². The first-order valence-electron chi connectivity index (χ1n) is 4.38. The zero-order valence-corrected chi connectivity index (χ0v) is 9.84. The number of halogens is 1. The quantitative estimate of drug-likeness (QED) is 0.687. The largest absolute Gasteiger partial charge is 0.0961 e. The summed E-state index contributed by atoms with van der Waals surface area (Å²) in [5.74, 6) is 0. The zero-order valence-electron chi connectivity index (χ0n) is 8.26. The maximum Gasteiger partial charge on any atom is 0.0175 e. The third kappa shape index (κ3) is 3.35. The van der Waals surface area contributed by atoms with E-state index >= 15 is 0 Å². The van der Waals surface area contributed by atoms with Gasteiger partial charge in [0.2, 0.25) is 0 Å². The van der Waals surface area contributed by atoms with E-state index in [2.05, 4.69) is 29.1 Å². The lowest BCUT2D eigenvalue weighted by molar-refractivity contribution is 1.55. The first kappa shape index (κ1) is 11.0. The highest BCUT2D eigenvalue weighted by atomic mass is 79.9. The second-order valence-corrected chi connectivity index (χ2v) is 4.13. The molecule has 0 unspecified atom stereocenters. The molecule has 14 heavy (non-hydrogen) atoms. The molecular formula is C13H13Br. The average molecular weight is 249 g/mol. The Hall–Kier alpha value is -1.08. The Morgan fingerprint density at radius 2 is 1.71 bits per heavy atom. The normalized spacial score (nSPS) is 10.4. The minimum atomic E-state index is 1.00. The summed E-state index contributed by atoms with van der Waals surface area (Å²) in [6.45, 7) is 9.75. The Bertz CT molecular complexity index is 369. The van der Waals surface area contributed by atoms with Crippen molar-refractivity contribution in [1.29, 1.82) is 0 Å². The lowest BCUT2D eigenvalue weighted by atomic mass is 10.1. The van der Waals surface area contributed by atoms with E-state index in [0.29, 0.717) is 0 Å². The summed E-state index contributed by atoms with van der Waals surface area (Å²) in [6.07, 6.45) is 3.94. The average Bonchev–Trinajstić information content (AvgIpc) is 2.15. The van der Waals surface area contributed by atoms with Gasteiger partial charge in [0.1, 0.15) is 0 Å². The molecular weight excluding hydrogens is 236 g/mol. The molecule has 1 aromatic carbocycles. The molecule has 1 rings (SSSR count). The van der Waals surface area contributed by atoms with Gasteiger partial charge in [0.15, 0.2) is 0 Å². The van der Waals surface area contributed by atoms with Gasteiger partial charge < -0.3 is 0 Å². The number of hydrogen-bond acceptors (Lipinski definition) is 0. The van der Waals surface area contributed by atoms with Gasteiger partial charge in [0.05, 0.1) is 0 Å². The van der Waals surface area contributed by atoms with Crippen molar-refractivity contribution in [1.82, 2.24) is 0 Å². The van der Waals surface area contributed by atoms with Gasteiger partial charge in [-0.25, -0.2) is 0 Å². The molecule has 0 N–H and O–H groups in total. The van der Waals surface area contributed by atoms with E-state index < -0.39 is 0 Å². The van der Waals surface area contributed by atoms with Crippen LogP contribution >= 0.6 is 15.9 Å². The highest BCUT2D eigenvalue weighted by molar-refractivity contribution is 9.10. The van der Waals surface area contributed by atoms with Crippen LogP contribution in [0.5, 0.6) is 0 Å². The smallest absolute Gasteiger partial charge is 0.0175 e. The molecule has 0 nitrogen and oxygen atoms in total. The first-order valence-corrected chi connectivity index (χ1v) is 5.17. The second-order valence-electron chi connectivity index (χ2n) is 3.21. The van der Waals surface area contributed by atoms with E-state index in [0.717, 1.165) is 21.2 Å². The van der Waals surface area contributed by atoms with Crippen LogP contribution in [-0.4, -0.2) is 0 Å². The maximum atomic E-state index is 3.98. The van der Waals surface area contributed by atoms with Crippen LogP contribution < -0.4 is 0 Å². The van der Waals surface area contributed by atoms with Crippen LogP contribution in [0.3, 0.4) is 0 Å². The van der Waals surface area contributed by atoms with Crippen molar-refractivity contribution in [3.63, 3.8) is 0 Å². The van der Waals surface area contributed by atoms with Crippen LogP contribution in [0.25, 0.3) is 5.57 Å². The molecule has 0 aliphatic heterocycles. The van der Waals surface area contributed by atoms with E-state index in [1.54, 1.807) is 0 Å². The molecule has 0 amide bonds. The Morgan fingerprint density at radius 1 is 1.14 bits per heavy atom. The Balaban J connectivity index is 2.80. The number of rotatable bonds is 3. The van der Waals surface area contributed by atoms with E-state index in [1.807, 2.05) is 43.3 Å². The molecule has 0 saturated heterocycles. The van der Waals surface area contributed by atoms with Gasteiger partial charge in [0.25, 0.3) is 0 Å². The molecule has 0 aliphatic rings. The summed E-state index contributed by atoms with van der Waals surface area (Å²) in [4.78, 5) is 0. The fraction of sp³-hybridized carbons (Fsp3) is 0.0769. The maximum absolute atomic E-state index is 3.98. The van der Waals surface area contributed by atoms with Crippen LogP contribution in [0.4, 0.5) is 0 Å². The lowest BCUT2D eigenvalue weighted by Crippen LogP contribution is -1.78. The summed E-state index contributed by atoms with van der Waals surface area (Å²) in [7, 11) is 0. The summed E-state index contributed by atoms with van der Waals surface area (Å²) in [5, 5.41) is 0. The zero-order chi connectivity index (χ0) is 10.6. The number of hydrogen-bond donors (Lipinski definition) is 0. The second kappa shape index (κ2) is 4.97. The van der Waals surface area contributed by atoms with Crippen LogP contribution in [0.1, 0.15) is 12.5 Å². The van der Waals surface area contributed by atoms with Crippen molar-refractivity contribution in [3.8, 4) is 0 Å². The molecule has 72 valence electrons. The Labute approximate surface area is 93.8 Å². The van der Waals surface area contributed by atoms with Gasteiger partial charge in [-0.2, -0.15) is 0 Å². The molecule has 0 atom stereocenters. The molecule has 0 saturated carbocycles. The molecule has 1 aromatic rings. The van der Waals surface area contributed by atoms with Crippen molar-refractivity contribution in [2.24, 2.45) is 0 Å². The van der Waals surface area contributed by atoms with Gasteiger partial charge in [-0.05, 0) is 30.2 Å². The number of benzene rings is 1. The molecule has 0 aliphatic carbocycles. The standard InChI is InChI=1S/C13H13Br/c1-10(2)4-5-11(3)12-6-8-13(14)9-7-12/h4-9H,1,3H2,2H3/b5-4-. The molecule has 0 heterocycles. The topological polar surface area (TPSA) is 0 Å². The third-order valence-electron chi connectivity index (χ3n) is 1.78. The van der Waals surface area contributed by atoms with Crippen LogP contribution in [0.2, 0.25) is 0 Å². The summed E-state index contributed by atoms with van der Waals surface area (Å²) in [6, 6.07) is 8.09. The van der Waals surface area contributed by atoms with Crippen LogP contribution in [0.15, 0.2) is 59.6 Å². The third-order valence-corrected chi connectivity index (χ3v) is 2.31. The minimum absolute atomic E-state index is 1.00. The van der Waals surface area contributed by atoms with Crippen LogP contribution in [-0.2, 0) is 0 Å². The summed E-state index contributed by atoms with van der Waals surface area (Å²) >= 11 is 3.39. The molecule has 1 heteroatoms. The fourth-order valence-electron chi connectivity index (χ4n) is 1.00. The Kier molecular flexibility index (Phi) is 3.90. The Morgan fingerprint density at radius 3 is 2.21 bits per heavy atom. The van der Waals surface area contributed by atoms with Crippen molar-refractivity contribution in [3.05, 3.63) is 65.2 Å². The van der Waals surface area contributed by atoms with Gasteiger partial charge in [-0.3, -0.25) is 0 Å². The van der Waals surface area contributed by atoms with Crippen LogP contribution in [0, 0.1) is 0 Å². The van der Waals surface area contributed by atoms with E-state index in [1.165, 1.54) is 0 Å². The van der Waals surface area contributed by atoms with Gasteiger partial charge in [-0.15, -0.1) is 0 Å². The summed E-state index contributed by atoms with van der Waals surface area (Å²) < 4.78 is 1.08. The minimum Gasteiger partial charge on any atom is -0.0961 e. The SMILES string of the molecule is C=C(C)/C=C\C(=C)c1ccc(Br)cc1. The van der Waals surface area contributed by atoms with Crippen molar-refractivity contribution < 1.29 is 0 Å². The fourth-order valence-corrected chi connectivity index (χ4v) is 1.27. The monoisotopic (exact) mass is 248 g/mol. The van der Waals surface area contributed by atoms with Crippen molar-refractivity contribution in [2.45, 2.75) is 6.92 Å². The van der Waals surface area contributed by atoms with Crippen molar-refractivity contribution >= 4 is 21.5 Å². The highest BCUT2D eigenvalue weighted by Gasteiger charge is 1.93. The molecule has 0 fully saturated rings. The summed E-state index contributed by atoms with van der Waals surface area (Å²) in [5.41, 5.74) is 3.16. The molecule has 0 radical (unpaired) electrons. The van der Waals surface area contributed by atoms with Crippen molar-refractivity contribution in [2.75, 3.05) is 0 Å². The molecule has 0 bridgehead atoms. The van der Waals surface area contributed by atoms with Gasteiger partial charge in [0, 0.05) is 4.47 Å². The van der Waals surface area contributed by atoms with E-state index in [4.69, 9.17) is 0 Å². The van der Waals surface area contributed by atoms with E-state index in [-0.39, 0.29) is 0 Å². The predicted molar refractivity (Wildman–Crippen MR) is 67.1 cm³/mol. The van der Waals surface area contributed by atoms with Gasteiger partial charge >= 0.3 is 0 Å². The highest BCUT2D eigenvalue weighted by Crippen LogP contribution is 2.17. The first-order chi connectivity index (χ1) is 6.59. The lowest BCUT2D eigenvalue weighted by Gasteiger charge is -2.00.